The molecule has 2 N–H and O–H groups in total. The quantitative estimate of drug-likeness (QED) is 0.774. The highest BCUT2D eigenvalue weighted by molar-refractivity contribution is 5.94. The van der Waals surface area contributed by atoms with E-state index in [0.29, 0.717) is 30.9 Å². The first-order chi connectivity index (χ1) is 12.1. The maximum Gasteiger partial charge on any atom is 0.238 e. The lowest BCUT2D eigenvalue weighted by Gasteiger charge is -2.16. The van der Waals surface area contributed by atoms with Gasteiger partial charge in [0, 0.05) is 24.3 Å². The molecule has 5 nitrogen and oxygen atoms in total. The number of carbonyl (C=O) groups excluding carboxylic acids is 2. The van der Waals surface area contributed by atoms with Crippen molar-refractivity contribution in [2.75, 3.05) is 24.2 Å². The Morgan fingerprint density at radius 2 is 1.56 bits per heavy atom. The third-order valence-electron chi connectivity index (χ3n) is 3.62. The molecule has 25 heavy (non-hydrogen) atoms. The minimum Gasteiger partial charge on any atom is -0.326 e. The van der Waals surface area contributed by atoms with Crippen LogP contribution < -0.4 is 10.6 Å². The Hall–Kier alpha value is -2.66. The number of hydrogen-bond donors (Lipinski definition) is 2. The Bertz CT molecular complexity index is 701. The van der Waals surface area contributed by atoms with Gasteiger partial charge in [-0.3, -0.25) is 14.5 Å². The largest absolute Gasteiger partial charge is 0.326 e. The van der Waals surface area contributed by atoms with Crippen LogP contribution in [0.3, 0.4) is 0 Å². The van der Waals surface area contributed by atoms with Crippen molar-refractivity contribution in [1.82, 2.24) is 4.90 Å². The van der Waals surface area contributed by atoms with Crippen molar-refractivity contribution in [1.29, 1.82) is 0 Å². The van der Waals surface area contributed by atoms with Gasteiger partial charge in [-0.25, -0.2) is 0 Å². The predicted molar refractivity (Wildman–Crippen MR) is 101 cm³/mol. The Morgan fingerprint density at radius 1 is 0.920 bits per heavy atom. The normalized spacial score (nSPS) is 10.5. The summed E-state index contributed by atoms with van der Waals surface area (Å²) < 4.78 is 0. The van der Waals surface area contributed by atoms with Gasteiger partial charge in [0.15, 0.2) is 0 Å². The van der Waals surface area contributed by atoms with E-state index in [0.717, 1.165) is 6.42 Å². The van der Waals surface area contributed by atoms with Crippen molar-refractivity contribution in [3.63, 3.8) is 0 Å². The molecule has 0 aliphatic carbocycles. The van der Waals surface area contributed by atoms with E-state index in [1.54, 1.807) is 6.07 Å². The maximum atomic E-state index is 12.2. The number of rotatable bonds is 8. The highest BCUT2D eigenvalue weighted by Gasteiger charge is 2.08. The standard InChI is InChI=1S/C20H25N3O2/c1-3-8-19(24)21-17-11-7-12-18(13-17)22-20(25)15-23(2)14-16-9-5-4-6-10-16/h4-7,9-13H,3,8,14-15H2,1-2H3,(H,21,24)(H,22,25). The molecule has 0 saturated carbocycles. The van der Waals surface area contributed by atoms with Crippen molar-refractivity contribution in [2.24, 2.45) is 0 Å². The van der Waals surface area contributed by atoms with Crippen LogP contribution in [0.15, 0.2) is 54.6 Å². The fourth-order valence-corrected chi connectivity index (χ4v) is 2.52. The summed E-state index contributed by atoms with van der Waals surface area (Å²) in [4.78, 5) is 25.8. The van der Waals surface area contributed by atoms with Crippen LogP contribution in [-0.2, 0) is 16.1 Å². The second-order valence-electron chi connectivity index (χ2n) is 6.09. The first-order valence-corrected chi connectivity index (χ1v) is 8.49. The van der Waals surface area contributed by atoms with Crippen LogP contribution in [0.4, 0.5) is 11.4 Å². The summed E-state index contributed by atoms with van der Waals surface area (Å²) in [5.74, 6) is -0.107. The van der Waals surface area contributed by atoms with Crippen molar-refractivity contribution in [3.05, 3.63) is 60.2 Å². The van der Waals surface area contributed by atoms with Crippen LogP contribution in [0.5, 0.6) is 0 Å². The van der Waals surface area contributed by atoms with Crippen LogP contribution >= 0.6 is 0 Å². The lowest BCUT2D eigenvalue weighted by molar-refractivity contribution is -0.117. The van der Waals surface area contributed by atoms with Gasteiger partial charge in [0.1, 0.15) is 0 Å². The molecule has 2 aromatic carbocycles. The second-order valence-corrected chi connectivity index (χ2v) is 6.09. The first kappa shape index (κ1) is 18.7. The van der Waals surface area contributed by atoms with Gasteiger partial charge in [-0.1, -0.05) is 43.3 Å². The summed E-state index contributed by atoms with van der Waals surface area (Å²) in [6.45, 7) is 2.96. The summed E-state index contributed by atoms with van der Waals surface area (Å²) in [6, 6.07) is 17.2. The molecule has 0 unspecified atom stereocenters. The topological polar surface area (TPSA) is 61.4 Å². The van der Waals surface area contributed by atoms with E-state index >= 15 is 0 Å². The van der Waals surface area contributed by atoms with Crippen LogP contribution in [0.25, 0.3) is 0 Å². The zero-order chi connectivity index (χ0) is 18.1. The monoisotopic (exact) mass is 339 g/mol. The molecule has 5 heteroatoms. The highest BCUT2D eigenvalue weighted by atomic mass is 16.2. The van der Waals surface area contributed by atoms with Gasteiger partial charge in [-0.2, -0.15) is 0 Å². The number of carbonyl (C=O) groups is 2. The number of hydrogen-bond acceptors (Lipinski definition) is 3. The van der Waals surface area contributed by atoms with E-state index < -0.39 is 0 Å². The van der Waals surface area contributed by atoms with Gasteiger partial charge < -0.3 is 10.6 Å². The van der Waals surface area contributed by atoms with Crippen LogP contribution in [0, 0.1) is 0 Å². The molecule has 0 aliphatic heterocycles. The van der Waals surface area contributed by atoms with Gasteiger partial charge in [0.05, 0.1) is 6.54 Å². The van der Waals surface area contributed by atoms with Gasteiger partial charge >= 0.3 is 0 Å². The van der Waals surface area contributed by atoms with E-state index in [4.69, 9.17) is 0 Å². The van der Waals surface area contributed by atoms with E-state index in [1.165, 1.54) is 5.56 Å². The molecule has 0 spiro atoms. The average Bonchev–Trinajstić information content (AvgIpc) is 2.56. The summed E-state index contributed by atoms with van der Waals surface area (Å²) in [7, 11) is 1.91. The zero-order valence-electron chi connectivity index (χ0n) is 14.8. The van der Waals surface area contributed by atoms with Crippen LogP contribution in [0.2, 0.25) is 0 Å². The molecule has 2 amide bonds. The predicted octanol–water partition coefficient (Wildman–Crippen LogP) is 3.50. The van der Waals surface area contributed by atoms with E-state index in [9.17, 15) is 9.59 Å². The minimum absolute atomic E-state index is 0.0198. The summed E-state index contributed by atoms with van der Waals surface area (Å²) in [6.07, 6.45) is 1.29. The first-order valence-electron chi connectivity index (χ1n) is 8.49. The second kappa shape index (κ2) is 9.59. The molecule has 132 valence electrons. The smallest absolute Gasteiger partial charge is 0.238 e. The summed E-state index contributed by atoms with van der Waals surface area (Å²) in [5, 5.41) is 5.70. The summed E-state index contributed by atoms with van der Waals surface area (Å²) in [5.41, 5.74) is 2.53. The fraction of sp³-hybridized carbons (Fsp3) is 0.300. The number of likely N-dealkylation sites (N-methyl/N-ethyl adjacent to an activating group) is 1. The van der Waals surface area contributed by atoms with Crippen molar-refractivity contribution in [2.45, 2.75) is 26.3 Å². The van der Waals surface area contributed by atoms with Gasteiger partial charge in [0.25, 0.3) is 0 Å². The number of benzene rings is 2. The molecule has 0 saturated heterocycles. The molecule has 2 rings (SSSR count). The molecule has 0 heterocycles. The maximum absolute atomic E-state index is 12.2. The number of nitrogens with one attached hydrogen (secondary N) is 2. The Labute approximate surface area is 149 Å². The molecule has 0 aliphatic rings. The fourth-order valence-electron chi connectivity index (χ4n) is 2.52. The van der Waals surface area contributed by atoms with E-state index in [1.807, 2.05) is 67.4 Å². The van der Waals surface area contributed by atoms with Crippen molar-refractivity contribution >= 4 is 23.2 Å². The van der Waals surface area contributed by atoms with Gasteiger partial charge in [-0.05, 0) is 37.2 Å². The minimum atomic E-state index is -0.0875. The average molecular weight is 339 g/mol. The summed E-state index contributed by atoms with van der Waals surface area (Å²) >= 11 is 0. The van der Waals surface area contributed by atoms with Crippen LogP contribution in [0.1, 0.15) is 25.3 Å². The molecule has 0 fully saturated rings. The lowest BCUT2D eigenvalue weighted by atomic mass is 10.2. The van der Waals surface area contributed by atoms with Gasteiger partial charge in [-0.15, -0.1) is 0 Å². The molecule has 0 radical (unpaired) electrons. The third-order valence-corrected chi connectivity index (χ3v) is 3.62. The van der Waals surface area contributed by atoms with Crippen molar-refractivity contribution in [3.8, 4) is 0 Å². The Balaban J connectivity index is 1.86. The number of nitrogens with zero attached hydrogens (tertiary/aromatic N) is 1. The molecular formula is C20H25N3O2. The molecule has 0 bridgehead atoms. The Morgan fingerprint density at radius 3 is 2.20 bits per heavy atom. The molecule has 2 aromatic rings. The molecular weight excluding hydrogens is 314 g/mol. The number of anilines is 2. The molecule has 0 atom stereocenters. The van der Waals surface area contributed by atoms with Crippen molar-refractivity contribution < 1.29 is 9.59 Å². The highest BCUT2D eigenvalue weighted by Crippen LogP contribution is 2.15. The Kier molecular flexibility index (Phi) is 7.16. The lowest BCUT2D eigenvalue weighted by Crippen LogP contribution is -2.29. The van der Waals surface area contributed by atoms with E-state index in [2.05, 4.69) is 10.6 Å². The number of amides is 2. The van der Waals surface area contributed by atoms with Gasteiger partial charge in [0.2, 0.25) is 11.8 Å². The van der Waals surface area contributed by atoms with E-state index in [-0.39, 0.29) is 11.8 Å². The zero-order valence-corrected chi connectivity index (χ0v) is 14.8. The SMILES string of the molecule is CCCC(=O)Nc1cccc(NC(=O)CN(C)Cc2ccccc2)c1. The van der Waals surface area contributed by atoms with Crippen LogP contribution in [-0.4, -0.2) is 30.3 Å². The molecule has 0 aromatic heterocycles. The third kappa shape index (κ3) is 6.77.